The van der Waals surface area contributed by atoms with Crippen molar-refractivity contribution in [1.29, 1.82) is 0 Å². The van der Waals surface area contributed by atoms with Crippen molar-refractivity contribution in [3.63, 3.8) is 0 Å². The summed E-state index contributed by atoms with van der Waals surface area (Å²) in [5, 5.41) is 4.41. The van der Waals surface area contributed by atoms with Crippen LogP contribution in [0.2, 0.25) is 0 Å². The van der Waals surface area contributed by atoms with E-state index < -0.39 is 0 Å². The summed E-state index contributed by atoms with van der Waals surface area (Å²) in [4.78, 5) is 17.5. The van der Waals surface area contributed by atoms with Gasteiger partial charge < -0.3 is 9.64 Å². The molecular weight excluding hydrogens is 308 g/mol. The summed E-state index contributed by atoms with van der Waals surface area (Å²) in [5.41, 5.74) is 1.43. The highest BCUT2D eigenvalue weighted by atomic mass is 32.1. The third-order valence-electron chi connectivity index (χ3n) is 5.63. The Hall–Kier alpha value is -0.910. The Morgan fingerprint density at radius 2 is 2.22 bits per heavy atom. The van der Waals surface area contributed by atoms with Crippen LogP contribution in [0.25, 0.3) is 0 Å². The molecule has 1 aromatic heterocycles. The quantitative estimate of drug-likeness (QED) is 0.852. The number of nitrogens with zero attached hydrogens (tertiary/aromatic N) is 2. The van der Waals surface area contributed by atoms with Gasteiger partial charge in [-0.3, -0.25) is 9.69 Å². The molecule has 4 nitrogen and oxygen atoms in total. The smallest absolute Gasteiger partial charge is 0.251 e. The number of ether oxygens (including phenoxy) is 1. The predicted octanol–water partition coefficient (Wildman–Crippen LogP) is 2.74. The zero-order chi connectivity index (χ0) is 15.6. The van der Waals surface area contributed by atoms with E-state index in [-0.39, 0.29) is 12.0 Å². The van der Waals surface area contributed by atoms with Gasteiger partial charge in [0.25, 0.3) is 5.91 Å². The highest BCUT2D eigenvalue weighted by molar-refractivity contribution is 7.07. The van der Waals surface area contributed by atoms with Crippen LogP contribution >= 0.6 is 11.3 Å². The second-order valence-corrected chi connectivity index (χ2v) is 7.94. The number of piperidine rings is 2. The van der Waals surface area contributed by atoms with Crippen molar-refractivity contribution in [1.82, 2.24) is 9.80 Å². The van der Waals surface area contributed by atoms with Crippen LogP contribution in [0.5, 0.6) is 0 Å². The molecule has 4 heterocycles. The Bertz CT molecular complexity index is 527. The zero-order valence-corrected chi connectivity index (χ0v) is 14.5. The molecule has 0 radical (unpaired) electrons. The summed E-state index contributed by atoms with van der Waals surface area (Å²) >= 11 is 1.78. The van der Waals surface area contributed by atoms with E-state index in [9.17, 15) is 4.79 Å². The maximum absolute atomic E-state index is 12.8. The fraction of sp³-hybridized carbons (Fsp3) is 0.722. The average molecular weight is 334 g/mol. The van der Waals surface area contributed by atoms with Gasteiger partial charge in [-0.15, -0.1) is 0 Å². The van der Waals surface area contributed by atoms with Crippen LogP contribution in [0.1, 0.15) is 37.7 Å². The molecule has 1 amide bonds. The molecule has 0 N–H and O–H groups in total. The fourth-order valence-corrected chi connectivity index (χ4v) is 5.15. The molecule has 4 rings (SSSR count). The van der Waals surface area contributed by atoms with Crippen LogP contribution in [0.15, 0.2) is 16.8 Å². The van der Waals surface area contributed by atoms with Crippen LogP contribution in [-0.2, 0) is 16.1 Å². The molecule has 3 aliphatic rings. The number of hydrogen-bond acceptors (Lipinski definition) is 4. The van der Waals surface area contributed by atoms with Crippen molar-refractivity contribution >= 4 is 17.2 Å². The van der Waals surface area contributed by atoms with Gasteiger partial charge in [-0.25, -0.2) is 0 Å². The molecule has 0 aromatic carbocycles. The van der Waals surface area contributed by atoms with Gasteiger partial charge >= 0.3 is 0 Å². The van der Waals surface area contributed by atoms with Gasteiger partial charge in [-0.05, 0) is 60.4 Å². The second-order valence-electron chi connectivity index (χ2n) is 7.16. The van der Waals surface area contributed by atoms with Gasteiger partial charge in [-0.2, -0.15) is 11.3 Å². The standard InChI is InChI=1S/C18H26N2O2S/c21-18(17-4-2-9-22-17)20-7-1-3-15-12-19(8-5-16(15)20)11-14-6-10-23-13-14/h6,10,13,15-17H,1-5,7-9,11-12H2/t15-,16-,17?/m1/s1. The third kappa shape index (κ3) is 3.32. The van der Waals surface area contributed by atoms with Crippen LogP contribution in [-0.4, -0.2) is 54.1 Å². The number of thiophene rings is 1. The van der Waals surface area contributed by atoms with Gasteiger partial charge in [0, 0.05) is 38.8 Å². The Morgan fingerprint density at radius 1 is 1.26 bits per heavy atom. The summed E-state index contributed by atoms with van der Waals surface area (Å²) in [6, 6.07) is 2.67. The molecule has 0 saturated carbocycles. The lowest BCUT2D eigenvalue weighted by molar-refractivity contribution is -0.148. The number of rotatable bonds is 3. The summed E-state index contributed by atoms with van der Waals surface area (Å²) in [6.07, 6.45) is 5.32. The maximum Gasteiger partial charge on any atom is 0.251 e. The van der Waals surface area contributed by atoms with Crippen molar-refractivity contribution in [2.75, 3.05) is 26.2 Å². The first-order valence-corrected chi connectivity index (χ1v) is 9.91. The summed E-state index contributed by atoms with van der Waals surface area (Å²) in [7, 11) is 0. The van der Waals surface area contributed by atoms with E-state index in [1.807, 2.05) is 0 Å². The highest BCUT2D eigenvalue weighted by Gasteiger charge is 2.40. The number of carbonyl (C=O) groups is 1. The minimum atomic E-state index is -0.155. The monoisotopic (exact) mass is 334 g/mol. The minimum Gasteiger partial charge on any atom is -0.368 e. The van der Waals surface area contributed by atoms with Crippen LogP contribution in [0.3, 0.4) is 0 Å². The second kappa shape index (κ2) is 6.91. The van der Waals surface area contributed by atoms with Gasteiger partial charge in [0.05, 0.1) is 0 Å². The highest BCUT2D eigenvalue weighted by Crippen LogP contribution is 2.32. The number of carbonyl (C=O) groups excluding carboxylic acids is 1. The van der Waals surface area contributed by atoms with Crippen LogP contribution in [0.4, 0.5) is 0 Å². The normalized spacial score (nSPS) is 32.0. The average Bonchev–Trinajstić information content (AvgIpc) is 3.27. The molecule has 3 saturated heterocycles. The number of amides is 1. The van der Waals surface area contributed by atoms with Gasteiger partial charge in [0.15, 0.2) is 0 Å². The summed E-state index contributed by atoms with van der Waals surface area (Å²) < 4.78 is 5.64. The Balaban J connectivity index is 1.39. The molecule has 23 heavy (non-hydrogen) atoms. The molecular formula is C18H26N2O2S. The number of fused-ring (bicyclic) bond motifs is 1. The minimum absolute atomic E-state index is 0.155. The largest absolute Gasteiger partial charge is 0.368 e. The molecule has 1 unspecified atom stereocenters. The van der Waals surface area contributed by atoms with E-state index in [4.69, 9.17) is 4.74 Å². The summed E-state index contributed by atoms with van der Waals surface area (Å²) in [5.74, 6) is 0.907. The molecule has 3 fully saturated rings. The van der Waals surface area contributed by atoms with E-state index in [0.717, 1.165) is 58.5 Å². The van der Waals surface area contributed by atoms with Gasteiger partial charge in [-0.1, -0.05) is 0 Å². The zero-order valence-electron chi connectivity index (χ0n) is 13.7. The third-order valence-corrected chi connectivity index (χ3v) is 6.36. The lowest BCUT2D eigenvalue weighted by Crippen LogP contribution is -2.57. The molecule has 0 aliphatic carbocycles. The molecule has 5 heteroatoms. The number of hydrogen-bond donors (Lipinski definition) is 0. The first kappa shape index (κ1) is 15.6. The van der Waals surface area contributed by atoms with E-state index in [1.54, 1.807) is 11.3 Å². The molecule has 0 bridgehead atoms. The summed E-state index contributed by atoms with van der Waals surface area (Å²) in [6.45, 7) is 4.99. The molecule has 0 spiro atoms. The van der Waals surface area contributed by atoms with Crippen LogP contribution in [0, 0.1) is 5.92 Å². The molecule has 1 aromatic rings. The SMILES string of the molecule is O=C(C1CCCO1)N1CCC[C@@H]2CN(Cc3ccsc3)CC[C@H]21. The first-order valence-electron chi connectivity index (χ1n) is 8.97. The maximum atomic E-state index is 12.8. The van der Waals surface area contributed by atoms with Crippen molar-refractivity contribution in [2.24, 2.45) is 5.92 Å². The Morgan fingerprint density at radius 3 is 3.00 bits per heavy atom. The lowest BCUT2D eigenvalue weighted by Gasteiger charge is -2.47. The van der Waals surface area contributed by atoms with E-state index in [2.05, 4.69) is 26.6 Å². The lowest BCUT2D eigenvalue weighted by atomic mass is 9.83. The Labute approximate surface area is 142 Å². The van der Waals surface area contributed by atoms with E-state index in [0.29, 0.717) is 12.0 Å². The fourth-order valence-electron chi connectivity index (χ4n) is 4.49. The van der Waals surface area contributed by atoms with E-state index in [1.165, 1.54) is 12.0 Å². The Kier molecular flexibility index (Phi) is 4.69. The number of likely N-dealkylation sites (tertiary alicyclic amines) is 2. The van der Waals surface area contributed by atoms with Crippen LogP contribution < -0.4 is 0 Å². The first-order chi connectivity index (χ1) is 11.3. The van der Waals surface area contributed by atoms with Crippen molar-refractivity contribution in [3.8, 4) is 0 Å². The predicted molar refractivity (Wildman–Crippen MR) is 91.4 cm³/mol. The van der Waals surface area contributed by atoms with Crippen molar-refractivity contribution in [3.05, 3.63) is 22.4 Å². The van der Waals surface area contributed by atoms with Crippen molar-refractivity contribution in [2.45, 2.75) is 50.8 Å². The molecule has 126 valence electrons. The van der Waals surface area contributed by atoms with Gasteiger partial charge in [0.1, 0.15) is 6.10 Å². The molecule has 3 atom stereocenters. The van der Waals surface area contributed by atoms with Gasteiger partial charge in [0.2, 0.25) is 0 Å². The van der Waals surface area contributed by atoms with E-state index >= 15 is 0 Å². The molecule has 3 aliphatic heterocycles. The topological polar surface area (TPSA) is 32.8 Å². The van der Waals surface area contributed by atoms with Crippen molar-refractivity contribution < 1.29 is 9.53 Å².